The second-order valence-electron chi connectivity index (χ2n) is 6.10. The smallest absolute Gasteiger partial charge is 0.237 e. The Labute approximate surface area is 110 Å². The van der Waals surface area contributed by atoms with Crippen molar-refractivity contribution >= 4 is 5.91 Å². The number of hydrogen-bond donors (Lipinski definition) is 2. The van der Waals surface area contributed by atoms with Crippen molar-refractivity contribution in [3.8, 4) is 0 Å². The summed E-state index contributed by atoms with van der Waals surface area (Å²) in [4.78, 5) is 14.2. The quantitative estimate of drug-likeness (QED) is 0.773. The maximum Gasteiger partial charge on any atom is 0.237 e. The fourth-order valence-corrected chi connectivity index (χ4v) is 3.01. The first-order valence-corrected chi connectivity index (χ1v) is 7.25. The minimum Gasteiger partial charge on any atom is -0.393 e. The molecular formula is C14H26N2O2. The van der Waals surface area contributed by atoms with Crippen LogP contribution in [0.1, 0.15) is 45.4 Å². The number of carbonyl (C=O) groups excluding carboxylic acids is 1. The molecule has 0 heterocycles. The van der Waals surface area contributed by atoms with E-state index in [4.69, 9.17) is 0 Å². The van der Waals surface area contributed by atoms with Crippen LogP contribution in [0.2, 0.25) is 0 Å². The molecule has 2 saturated carbocycles. The van der Waals surface area contributed by atoms with E-state index in [-0.39, 0.29) is 18.1 Å². The molecule has 0 bridgehead atoms. The number of amides is 1. The molecule has 1 unspecified atom stereocenters. The van der Waals surface area contributed by atoms with Crippen LogP contribution in [0.4, 0.5) is 0 Å². The van der Waals surface area contributed by atoms with Gasteiger partial charge in [-0.3, -0.25) is 9.69 Å². The maximum atomic E-state index is 12.1. The molecule has 0 radical (unpaired) electrons. The molecule has 0 saturated heterocycles. The number of rotatable bonds is 5. The fraction of sp³-hybridized carbons (Fsp3) is 0.929. The van der Waals surface area contributed by atoms with E-state index in [0.717, 1.165) is 32.2 Å². The van der Waals surface area contributed by atoms with Crippen molar-refractivity contribution in [1.82, 2.24) is 10.2 Å². The van der Waals surface area contributed by atoms with Gasteiger partial charge in [0.05, 0.1) is 12.1 Å². The third kappa shape index (κ3) is 3.45. The van der Waals surface area contributed by atoms with E-state index in [0.29, 0.717) is 12.0 Å². The lowest BCUT2D eigenvalue weighted by Crippen LogP contribution is -2.49. The van der Waals surface area contributed by atoms with Crippen molar-refractivity contribution in [2.24, 2.45) is 5.92 Å². The summed E-state index contributed by atoms with van der Waals surface area (Å²) in [6.45, 7) is 2.88. The molecule has 1 amide bonds. The van der Waals surface area contributed by atoms with E-state index in [1.165, 1.54) is 12.8 Å². The molecule has 104 valence electrons. The first-order chi connectivity index (χ1) is 8.56. The van der Waals surface area contributed by atoms with E-state index in [1.807, 2.05) is 14.0 Å². The third-order valence-electron chi connectivity index (χ3n) is 4.50. The zero-order chi connectivity index (χ0) is 13.1. The molecule has 4 nitrogen and oxygen atoms in total. The van der Waals surface area contributed by atoms with E-state index in [9.17, 15) is 9.90 Å². The Morgan fingerprint density at radius 2 is 2.00 bits per heavy atom. The summed E-state index contributed by atoms with van der Waals surface area (Å²) in [5.41, 5.74) is 0. The van der Waals surface area contributed by atoms with Crippen molar-refractivity contribution in [3.05, 3.63) is 0 Å². The minimum absolute atomic E-state index is 0.0663. The van der Waals surface area contributed by atoms with Crippen LogP contribution in [-0.4, -0.2) is 47.7 Å². The lowest BCUT2D eigenvalue weighted by molar-refractivity contribution is -0.126. The summed E-state index contributed by atoms with van der Waals surface area (Å²) in [6, 6.07) is 0.335. The van der Waals surface area contributed by atoms with Gasteiger partial charge in [-0.1, -0.05) is 12.8 Å². The second kappa shape index (κ2) is 6.02. The number of carbonyl (C=O) groups is 1. The van der Waals surface area contributed by atoms with Gasteiger partial charge in [0.2, 0.25) is 5.91 Å². The van der Waals surface area contributed by atoms with E-state index in [1.54, 1.807) is 0 Å². The topological polar surface area (TPSA) is 52.6 Å². The molecule has 2 fully saturated rings. The van der Waals surface area contributed by atoms with Gasteiger partial charge in [-0.05, 0) is 45.6 Å². The van der Waals surface area contributed by atoms with Crippen LogP contribution >= 0.6 is 0 Å². The number of likely N-dealkylation sites (N-methyl/N-ethyl adjacent to an activating group) is 1. The average molecular weight is 254 g/mol. The Hall–Kier alpha value is -0.610. The summed E-state index contributed by atoms with van der Waals surface area (Å²) in [5, 5.41) is 12.4. The highest BCUT2D eigenvalue weighted by Gasteiger charge is 2.30. The van der Waals surface area contributed by atoms with Crippen LogP contribution in [0.5, 0.6) is 0 Å². The third-order valence-corrected chi connectivity index (χ3v) is 4.50. The Bertz CT molecular complexity index is 284. The number of nitrogens with zero attached hydrogens (tertiary/aromatic N) is 1. The molecule has 2 N–H and O–H groups in total. The summed E-state index contributed by atoms with van der Waals surface area (Å²) in [7, 11) is 2.00. The summed E-state index contributed by atoms with van der Waals surface area (Å²) in [5.74, 6) is 0.719. The van der Waals surface area contributed by atoms with Crippen molar-refractivity contribution in [1.29, 1.82) is 0 Å². The van der Waals surface area contributed by atoms with Gasteiger partial charge in [0.15, 0.2) is 0 Å². The summed E-state index contributed by atoms with van der Waals surface area (Å²) < 4.78 is 0. The molecule has 0 aliphatic heterocycles. The number of aliphatic hydroxyl groups is 1. The minimum atomic E-state index is -0.106. The van der Waals surface area contributed by atoms with E-state index < -0.39 is 0 Å². The normalized spacial score (nSPS) is 30.2. The predicted octanol–water partition coefficient (Wildman–Crippen LogP) is 1.14. The van der Waals surface area contributed by atoms with Gasteiger partial charge in [-0.2, -0.15) is 0 Å². The Morgan fingerprint density at radius 3 is 2.56 bits per heavy atom. The molecule has 4 heteroatoms. The molecule has 18 heavy (non-hydrogen) atoms. The fourth-order valence-electron chi connectivity index (χ4n) is 3.01. The van der Waals surface area contributed by atoms with Crippen molar-refractivity contribution < 1.29 is 9.90 Å². The lowest BCUT2D eigenvalue weighted by Gasteiger charge is -2.36. The van der Waals surface area contributed by atoms with Gasteiger partial charge < -0.3 is 10.4 Å². The van der Waals surface area contributed by atoms with Crippen LogP contribution in [0.3, 0.4) is 0 Å². The summed E-state index contributed by atoms with van der Waals surface area (Å²) in [6.07, 6.45) is 6.44. The Balaban J connectivity index is 1.71. The summed E-state index contributed by atoms with van der Waals surface area (Å²) >= 11 is 0. The first kappa shape index (κ1) is 13.8. The van der Waals surface area contributed by atoms with Crippen LogP contribution in [-0.2, 0) is 4.79 Å². The average Bonchev–Trinajstić information content (AvgIpc) is 2.78. The molecule has 0 spiro atoms. The molecular weight excluding hydrogens is 228 g/mol. The maximum absolute atomic E-state index is 12.1. The van der Waals surface area contributed by atoms with Gasteiger partial charge in [0.1, 0.15) is 0 Å². The second-order valence-corrected chi connectivity index (χ2v) is 6.10. The molecule has 1 atom stereocenters. The van der Waals surface area contributed by atoms with Gasteiger partial charge in [-0.15, -0.1) is 0 Å². The highest BCUT2D eigenvalue weighted by Crippen LogP contribution is 2.28. The van der Waals surface area contributed by atoms with Crippen molar-refractivity contribution in [2.75, 3.05) is 13.6 Å². The van der Waals surface area contributed by atoms with Gasteiger partial charge in [0, 0.05) is 12.6 Å². The standard InChI is InChI=1S/C14H26N2O2/c1-10(14(18)15-12-5-3-4-6-12)16(2)9-11-7-13(17)8-11/h10-13,17H,3-9H2,1-2H3,(H,15,18). The van der Waals surface area contributed by atoms with Crippen molar-refractivity contribution in [3.63, 3.8) is 0 Å². The zero-order valence-corrected chi connectivity index (χ0v) is 11.6. The van der Waals surface area contributed by atoms with Crippen molar-refractivity contribution in [2.45, 2.75) is 63.6 Å². The Kier molecular flexibility index (Phi) is 4.62. The highest BCUT2D eigenvalue weighted by molar-refractivity contribution is 5.81. The van der Waals surface area contributed by atoms with Crippen LogP contribution in [0, 0.1) is 5.92 Å². The van der Waals surface area contributed by atoms with Gasteiger partial charge >= 0.3 is 0 Å². The lowest BCUT2D eigenvalue weighted by atomic mass is 9.82. The SMILES string of the molecule is CC(C(=O)NC1CCCC1)N(C)CC1CC(O)C1. The molecule has 2 aliphatic carbocycles. The number of hydrogen-bond acceptors (Lipinski definition) is 3. The monoisotopic (exact) mass is 254 g/mol. The zero-order valence-electron chi connectivity index (χ0n) is 11.6. The molecule has 0 aromatic rings. The predicted molar refractivity (Wildman–Crippen MR) is 71.2 cm³/mol. The Morgan fingerprint density at radius 1 is 1.39 bits per heavy atom. The number of aliphatic hydroxyl groups excluding tert-OH is 1. The molecule has 0 aromatic heterocycles. The largest absolute Gasteiger partial charge is 0.393 e. The van der Waals surface area contributed by atoms with E-state index >= 15 is 0 Å². The van der Waals surface area contributed by atoms with Crippen LogP contribution in [0.25, 0.3) is 0 Å². The molecule has 2 aliphatic rings. The molecule has 2 rings (SSSR count). The van der Waals surface area contributed by atoms with Crippen LogP contribution < -0.4 is 5.32 Å². The highest BCUT2D eigenvalue weighted by atomic mass is 16.3. The molecule has 0 aromatic carbocycles. The number of nitrogens with one attached hydrogen (secondary N) is 1. The van der Waals surface area contributed by atoms with Gasteiger partial charge in [0.25, 0.3) is 0 Å². The van der Waals surface area contributed by atoms with Gasteiger partial charge in [-0.25, -0.2) is 0 Å². The first-order valence-electron chi connectivity index (χ1n) is 7.25. The van der Waals surface area contributed by atoms with Crippen LogP contribution in [0.15, 0.2) is 0 Å². The van der Waals surface area contributed by atoms with E-state index in [2.05, 4.69) is 10.2 Å².